The molecule has 0 radical (unpaired) electrons. The first kappa shape index (κ1) is 40.6. The van der Waals surface area contributed by atoms with E-state index < -0.39 is 27.2 Å². The second kappa shape index (κ2) is 17.6. The summed E-state index contributed by atoms with van der Waals surface area (Å²) in [6.07, 6.45) is -2.15. The number of hydrogen-bond acceptors (Lipinski definition) is 13. The monoisotopic (exact) mass is 764 g/mol. The number of likely N-dealkylation sites (N-methyl/N-ethyl adjacent to an activating group) is 1. The number of carboxylic acid groups (broad SMARTS) is 1. The Kier molecular flexibility index (Phi) is 13.5. The van der Waals surface area contributed by atoms with Crippen molar-refractivity contribution < 1.29 is 45.8 Å². The van der Waals surface area contributed by atoms with E-state index in [9.17, 15) is 26.4 Å². The van der Waals surface area contributed by atoms with Crippen molar-refractivity contribution in [1.29, 1.82) is 0 Å². The Balaban J connectivity index is 0.000000815. The molecule has 2 aliphatic heterocycles. The summed E-state index contributed by atoms with van der Waals surface area (Å²) >= 11 is 0. The van der Waals surface area contributed by atoms with Crippen molar-refractivity contribution in [3.63, 3.8) is 0 Å². The van der Waals surface area contributed by atoms with E-state index >= 15 is 0 Å². The number of amides is 1. The highest BCUT2D eigenvalue weighted by Gasteiger charge is 2.38. The van der Waals surface area contributed by atoms with Crippen molar-refractivity contribution in [2.24, 2.45) is 0 Å². The van der Waals surface area contributed by atoms with Crippen LogP contribution in [0.25, 0.3) is 0 Å². The average molecular weight is 765 g/mol. The van der Waals surface area contributed by atoms with Gasteiger partial charge in [0.05, 0.1) is 65.1 Å². The highest BCUT2D eigenvalue weighted by atomic mass is 32.2. The molecular formula is C34H43F3N8O7S. The van der Waals surface area contributed by atoms with E-state index in [4.69, 9.17) is 24.4 Å². The second-order valence-electron chi connectivity index (χ2n) is 12.2. The summed E-state index contributed by atoms with van der Waals surface area (Å²) < 4.78 is 69.5. The number of methoxy groups -OCH3 is 1. The number of hydrogen-bond donors (Lipinski definition) is 4. The Labute approximate surface area is 305 Å². The third-order valence-electron chi connectivity index (χ3n) is 8.28. The van der Waals surface area contributed by atoms with Gasteiger partial charge < -0.3 is 45.2 Å². The molecule has 19 heteroatoms. The zero-order valence-electron chi connectivity index (χ0n) is 29.7. The van der Waals surface area contributed by atoms with Crippen LogP contribution in [0.15, 0.2) is 60.1 Å². The van der Waals surface area contributed by atoms with E-state index in [1.165, 1.54) is 6.08 Å². The van der Waals surface area contributed by atoms with Crippen molar-refractivity contribution in [3.05, 3.63) is 55.3 Å². The summed E-state index contributed by atoms with van der Waals surface area (Å²) in [5.74, 6) is -1.88. The highest BCUT2D eigenvalue weighted by molar-refractivity contribution is 7.92. The maximum absolute atomic E-state index is 13.2. The zero-order chi connectivity index (χ0) is 38.9. The molecule has 3 aromatic rings. The number of anilines is 7. The lowest BCUT2D eigenvalue weighted by molar-refractivity contribution is -0.192. The van der Waals surface area contributed by atoms with Gasteiger partial charge in [0.2, 0.25) is 11.9 Å². The number of morpholine rings is 1. The standard InChI is InChI=1S/C32H42N8O5S.C2HF3O2/c1-6-30(41)34-24-19-25(28(44-5)20-26(24)39-13-11-38(4)12-14-39)36-32-33-21-27(40-15-17-45-18-16-40)31(37-32)35-23-9-7-8-10-29(23)46(42,43)22(2)3;3-2(4,5)1(6)7/h6-10,19-22H,1,11-18H2,2-5H3,(H,34,41)(H2,33,35,36,37);(H,6,7). The third kappa shape index (κ3) is 10.5. The van der Waals surface area contributed by atoms with E-state index in [0.29, 0.717) is 60.6 Å². The number of para-hydroxylation sites is 1. The number of aromatic nitrogens is 2. The Morgan fingerprint density at radius 2 is 1.60 bits per heavy atom. The first-order valence-corrected chi connectivity index (χ1v) is 18.1. The molecule has 0 atom stereocenters. The number of rotatable bonds is 11. The number of ether oxygens (including phenoxy) is 2. The number of sulfone groups is 1. The SMILES string of the molecule is C=CC(=O)Nc1cc(Nc2ncc(N3CCOCC3)c(Nc3ccccc3S(=O)(=O)C(C)C)n2)c(OC)cc1N1CCN(C)CC1.O=C(O)C(F)(F)F. The fourth-order valence-electron chi connectivity index (χ4n) is 5.31. The number of benzene rings is 2. The van der Waals surface area contributed by atoms with Gasteiger partial charge in [-0.3, -0.25) is 4.79 Å². The van der Waals surface area contributed by atoms with Crippen LogP contribution in [-0.2, 0) is 24.2 Å². The Bertz CT molecular complexity index is 1880. The minimum Gasteiger partial charge on any atom is -0.494 e. The lowest BCUT2D eigenvalue weighted by Gasteiger charge is -2.35. The summed E-state index contributed by atoms with van der Waals surface area (Å²) in [6, 6.07) is 10.5. The molecule has 1 aromatic heterocycles. The molecule has 0 spiro atoms. The van der Waals surface area contributed by atoms with Gasteiger partial charge in [-0.2, -0.15) is 18.2 Å². The molecule has 4 N–H and O–H groups in total. The number of carbonyl (C=O) groups excluding carboxylic acids is 1. The van der Waals surface area contributed by atoms with Crippen LogP contribution >= 0.6 is 0 Å². The lowest BCUT2D eigenvalue weighted by Crippen LogP contribution is -2.44. The first-order valence-electron chi connectivity index (χ1n) is 16.5. The summed E-state index contributed by atoms with van der Waals surface area (Å²) in [5.41, 5.74) is 3.09. The van der Waals surface area contributed by atoms with Crippen LogP contribution in [0.1, 0.15) is 13.8 Å². The molecule has 2 fully saturated rings. The van der Waals surface area contributed by atoms with Crippen LogP contribution in [0, 0.1) is 0 Å². The largest absolute Gasteiger partial charge is 0.494 e. The Hall–Kier alpha value is -5.14. The van der Waals surface area contributed by atoms with Crippen LogP contribution in [0.3, 0.4) is 0 Å². The molecule has 53 heavy (non-hydrogen) atoms. The first-order chi connectivity index (χ1) is 25.0. The van der Waals surface area contributed by atoms with Gasteiger partial charge in [0.15, 0.2) is 15.7 Å². The van der Waals surface area contributed by atoms with Crippen molar-refractivity contribution in [2.45, 2.75) is 30.2 Å². The molecule has 2 aromatic carbocycles. The van der Waals surface area contributed by atoms with Gasteiger partial charge in [0.25, 0.3) is 0 Å². The van der Waals surface area contributed by atoms with Gasteiger partial charge in [0.1, 0.15) is 5.75 Å². The maximum Gasteiger partial charge on any atom is 0.490 e. The molecular weight excluding hydrogens is 721 g/mol. The molecule has 0 bridgehead atoms. The smallest absolute Gasteiger partial charge is 0.490 e. The summed E-state index contributed by atoms with van der Waals surface area (Å²) in [4.78, 5) is 37.5. The zero-order valence-corrected chi connectivity index (χ0v) is 30.6. The van der Waals surface area contributed by atoms with E-state index in [-0.39, 0.29) is 16.8 Å². The van der Waals surface area contributed by atoms with E-state index in [1.807, 2.05) is 6.07 Å². The molecule has 0 unspecified atom stereocenters. The van der Waals surface area contributed by atoms with Crippen molar-refractivity contribution >= 4 is 61.9 Å². The summed E-state index contributed by atoms with van der Waals surface area (Å²) in [6.45, 7) is 12.6. The predicted octanol–water partition coefficient (Wildman–Crippen LogP) is 4.50. The minimum atomic E-state index is -5.08. The van der Waals surface area contributed by atoms with E-state index in [0.717, 1.165) is 31.9 Å². The van der Waals surface area contributed by atoms with Crippen LogP contribution in [0.2, 0.25) is 0 Å². The van der Waals surface area contributed by atoms with Gasteiger partial charge in [-0.05, 0) is 45.2 Å². The average Bonchev–Trinajstić information content (AvgIpc) is 3.12. The van der Waals surface area contributed by atoms with Crippen molar-refractivity contribution in [3.8, 4) is 5.75 Å². The number of alkyl halides is 3. The van der Waals surface area contributed by atoms with Crippen LogP contribution < -0.4 is 30.5 Å². The van der Waals surface area contributed by atoms with Gasteiger partial charge >= 0.3 is 12.1 Å². The number of nitrogens with one attached hydrogen (secondary N) is 3. The molecule has 3 heterocycles. The number of carbonyl (C=O) groups is 2. The fourth-order valence-corrected chi connectivity index (χ4v) is 6.51. The van der Waals surface area contributed by atoms with Gasteiger partial charge in [0, 0.05) is 45.3 Å². The Morgan fingerprint density at radius 1 is 0.981 bits per heavy atom. The summed E-state index contributed by atoms with van der Waals surface area (Å²) in [7, 11) is 0.0786. The molecule has 288 valence electrons. The predicted molar refractivity (Wildman–Crippen MR) is 196 cm³/mol. The number of nitrogens with zero attached hydrogens (tertiary/aromatic N) is 5. The van der Waals surface area contributed by atoms with E-state index in [1.54, 1.807) is 57.5 Å². The topological polar surface area (TPSA) is 179 Å². The summed E-state index contributed by atoms with van der Waals surface area (Å²) in [5, 5.41) is 16.0. The lowest BCUT2D eigenvalue weighted by atomic mass is 10.1. The molecule has 5 rings (SSSR count). The molecule has 0 aliphatic carbocycles. The number of carboxylic acids is 1. The number of halogens is 3. The quantitative estimate of drug-likeness (QED) is 0.201. The molecule has 1 amide bonds. The normalized spacial score (nSPS) is 15.2. The van der Waals surface area contributed by atoms with Crippen molar-refractivity contribution in [1.82, 2.24) is 14.9 Å². The van der Waals surface area contributed by atoms with Crippen LogP contribution in [-0.4, -0.2) is 118 Å². The van der Waals surface area contributed by atoms with Gasteiger partial charge in [-0.1, -0.05) is 18.7 Å². The fraction of sp³-hybridized carbons (Fsp3) is 0.412. The molecule has 0 saturated carbocycles. The highest BCUT2D eigenvalue weighted by Crippen LogP contribution is 2.39. The number of aliphatic carboxylic acids is 1. The second-order valence-corrected chi connectivity index (χ2v) is 14.7. The molecule has 2 aliphatic rings. The van der Waals surface area contributed by atoms with E-state index in [2.05, 4.69) is 49.3 Å². The Morgan fingerprint density at radius 3 is 2.19 bits per heavy atom. The minimum absolute atomic E-state index is 0.190. The van der Waals surface area contributed by atoms with Crippen LogP contribution in [0.4, 0.5) is 53.4 Å². The third-order valence-corrected chi connectivity index (χ3v) is 10.5. The molecule has 15 nitrogen and oxygen atoms in total. The van der Waals surface area contributed by atoms with Gasteiger partial charge in [-0.25, -0.2) is 18.2 Å². The maximum atomic E-state index is 13.2. The molecule has 2 saturated heterocycles. The van der Waals surface area contributed by atoms with Crippen molar-refractivity contribution in [2.75, 3.05) is 92.4 Å². The number of piperazine rings is 1. The van der Waals surface area contributed by atoms with Crippen LogP contribution in [0.5, 0.6) is 5.75 Å². The van der Waals surface area contributed by atoms with Gasteiger partial charge in [-0.15, -0.1) is 0 Å².